The van der Waals surface area contributed by atoms with Crippen LogP contribution in [0.5, 0.6) is 0 Å². The summed E-state index contributed by atoms with van der Waals surface area (Å²) in [6, 6.07) is 3.70. The first-order valence-corrected chi connectivity index (χ1v) is 7.04. The van der Waals surface area contributed by atoms with Gasteiger partial charge in [0, 0.05) is 18.7 Å². The van der Waals surface area contributed by atoms with Crippen molar-refractivity contribution in [2.24, 2.45) is 0 Å². The number of benzene rings is 1. The molecule has 0 aromatic heterocycles. The van der Waals surface area contributed by atoms with Gasteiger partial charge < -0.3 is 15.0 Å². The predicted molar refractivity (Wildman–Crippen MR) is 77.0 cm³/mol. The highest BCUT2D eigenvalue weighted by Gasteiger charge is 2.30. The van der Waals surface area contributed by atoms with E-state index in [-0.39, 0.29) is 18.1 Å². The number of morpholine rings is 1. The Morgan fingerprint density at radius 2 is 2.38 bits per heavy atom. The third-order valence-electron chi connectivity index (χ3n) is 3.40. The maximum atomic E-state index is 14.1. The molecule has 1 aliphatic rings. The summed E-state index contributed by atoms with van der Waals surface area (Å²) in [7, 11) is 0. The fourth-order valence-electron chi connectivity index (χ4n) is 2.30. The van der Waals surface area contributed by atoms with Gasteiger partial charge >= 0.3 is 0 Å². The zero-order valence-corrected chi connectivity index (χ0v) is 12.0. The van der Waals surface area contributed by atoms with E-state index in [4.69, 9.17) is 4.74 Å². The Labute approximate surface area is 123 Å². The fraction of sp³-hybridized carbons (Fsp3) is 0.467. The molecule has 5 nitrogen and oxygen atoms in total. The minimum atomic E-state index is -0.554. The van der Waals surface area contributed by atoms with Crippen LogP contribution in [-0.4, -0.2) is 44.5 Å². The first-order valence-electron chi connectivity index (χ1n) is 7.04. The maximum Gasteiger partial charge on any atom is 0.245 e. The van der Waals surface area contributed by atoms with Gasteiger partial charge in [0.05, 0.1) is 18.9 Å². The zero-order valence-electron chi connectivity index (χ0n) is 12.0. The maximum absolute atomic E-state index is 14.1. The van der Waals surface area contributed by atoms with E-state index >= 15 is 0 Å². The lowest BCUT2D eigenvalue weighted by molar-refractivity contribution is -0.124. The van der Waals surface area contributed by atoms with Gasteiger partial charge in [-0.25, -0.2) is 4.39 Å². The lowest BCUT2D eigenvalue weighted by Crippen LogP contribution is -2.54. The normalized spacial score (nSPS) is 18.4. The van der Waals surface area contributed by atoms with Crippen molar-refractivity contribution in [3.8, 4) is 0 Å². The van der Waals surface area contributed by atoms with Crippen molar-refractivity contribution in [3.63, 3.8) is 0 Å². The first-order chi connectivity index (χ1) is 10.2. The summed E-state index contributed by atoms with van der Waals surface area (Å²) in [6.45, 7) is 3.64. The number of carbonyl (C=O) groups excluding carboxylic acids is 2. The van der Waals surface area contributed by atoms with Crippen LogP contribution < -0.4 is 10.2 Å². The molecule has 0 radical (unpaired) electrons. The molecule has 1 fully saturated rings. The standard InChI is InChI=1S/C15H19FN2O3/c1-2-5-17-15(20)14-10-21-7-6-18(14)13-4-3-11(9-19)8-12(13)16/h3-4,8-9,14H,2,5-7,10H2,1H3,(H,17,20). The van der Waals surface area contributed by atoms with E-state index in [1.165, 1.54) is 12.1 Å². The number of nitrogens with zero attached hydrogens (tertiary/aromatic N) is 1. The van der Waals surface area contributed by atoms with E-state index < -0.39 is 11.9 Å². The summed E-state index contributed by atoms with van der Waals surface area (Å²) < 4.78 is 19.5. The smallest absolute Gasteiger partial charge is 0.245 e. The number of aldehydes is 1. The molecule has 1 atom stereocenters. The van der Waals surface area contributed by atoms with Crippen LogP contribution in [0.25, 0.3) is 0 Å². The first kappa shape index (κ1) is 15.4. The Morgan fingerprint density at radius 3 is 3.05 bits per heavy atom. The molecule has 1 aromatic carbocycles. The highest BCUT2D eigenvalue weighted by Crippen LogP contribution is 2.24. The Bertz CT molecular complexity index is 522. The average Bonchev–Trinajstić information content (AvgIpc) is 2.52. The molecule has 1 heterocycles. The minimum absolute atomic E-state index is 0.171. The number of hydrogen-bond donors (Lipinski definition) is 1. The molecule has 1 amide bonds. The minimum Gasteiger partial charge on any atom is -0.377 e. The molecule has 0 bridgehead atoms. The summed E-state index contributed by atoms with van der Waals surface area (Å²) in [4.78, 5) is 24.5. The molecule has 1 unspecified atom stereocenters. The third kappa shape index (κ3) is 3.58. The second-order valence-corrected chi connectivity index (χ2v) is 4.90. The van der Waals surface area contributed by atoms with Crippen LogP contribution in [0.2, 0.25) is 0 Å². The average molecular weight is 294 g/mol. The monoisotopic (exact) mass is 294 g/mol. The van der Waals surface area contributed by atoms with Crippen molar-refractivity contribution in [1.82, 2.24) is 5.32 Å². The predicted octanol–water partition coefficient (Wildman–Crippen LogP) is 1.37. The van der Waals surface area contributed by atoms with Crippen molar-refractivity contribution in [3.05, 3.63) is 29.6 Å². The molecule has 2 rings (SSSR count). The Morgan fingerprint density at radius 1 is 1.57 bits per heavy atom. The highest BCUT2D eigenvalue weighted by molar-refractivity contribution is 5.86. The van der Waals surface area contributed by atoms with Crippen molar-refractivity contribution >= 4 is 17.9 Å². The largest absolute Gasteiger partial charge is 0.377 e. The SMILES string of the molecule is CCCNC(=O)C1COCCN1c1ccc(C=O)cc1F. The molecular weight excluding hydrogens is 275 g/mol. The summed E-state index contributed by atoms with van der Waals surface area (Å²) in [5, 5.41) is 2.80. The Hall–Kier alpha value is -1.95. The molecule has 6 heteroatoms. The molecule has 1 saturated heterocycles. The van der Waals surface area contributed by atoms with Gasteiger partial charge in [0.1, 0.15) is 18.1 Å². The summed E-state index contributed by atoms with van der Waals surface area (Å²) in [5.41, 5.74) is 0.594. The molecule has 1 aliphatic heterocycles. The number of amides is 1. The van der Waals surface area contributed by atoms with Crippen molar-refractivity contribution < 1.29 is 18.7 Å². The second kappa shape index (κ2) is 7.17. The molecule has 0 aliphatic carbocycles. The van der Waals surface area contributed by atoms with Crippen LogP contribution in [0.1, 0.15) is 23.7 Å². The lowest BCUT2D eigenvalue weighted by atomic mass is 10.1. The molecular formula is C15H19FN2O3. The van der Waals surface area contributed by atoms with Gasteiger partial charge in [0.25, 0.3) is 0 Å². The van der Waals surface area contributed by atoms with Gasteiger partial charge in [-0.1, -0.05) is 6.92 Å². The molecule has 114 valence electrons. The molecule has 1 aromatic rings. The number of hydrogen-bond acceptors (Lipinski definition) is 4. The molecule has 0 saturated carbocycles. The van der Waals surface area contributed by atoms with Crippen molar-refractivity contribution in [2.75, 3.05) is 31.2 Å². The summed E-state index contributed by atoms with van der Waals surface area (Å²) in [6.07, 6.45) is 1.43. The van der Waals surface area contributed by atoms with Crippen LogP contribution in [0.3, 0.4) is 0 Å². The topological polar surface area (TPSA) is 58.6 Å². The van der Waals surface area contributed by atoms with E-state index in [9.17, 15) is 14.0 Å². The number of nitrogens with one attached hydrogen (secondary N) is 1. The lowest BCUT2D eigenvalue weighted by Gasteiger charge is -2.36. The van der Waals surface area contributed by atoms with Gasteiger partial charge in [-0.05, 0) is 24.6 Å². The van der Waals surface area contributed by atoms with E-state index in [0.29, 0.717) is 31.7 Å². The van der Waals surface area contributed by atoms with E-state index in [1.54, 1.807) is 11.0 Å². The van der Waals surface area contributed by atoms with Gasteiger partial charge in [-0.15, -0.1) is 0 Å². The number of anilines is 1. The number of halogens is 1. The van der Waals surface area contributed by atoms with Gasteiger partial charge in [0.2, 0.25) is 5.91 Å². The van der Waals surface area contributed by atoms with Crippen LogP contribution in [0, 0.1) is 5.82 Å². The summed E-state index contributed by atoms with van der Waals surface area (Å²) >= 11 is 0. The van der Waals surface area contributed by atoms with Gasteiger partial charge in [0.15, 0.2) is 0 Å². The highest BCUT2D eigenvalue weighted by atomic mass is 19.1. The number of carbonyl (C=O) groups is 2. The van der Waals surface area contributed by atoms with Crippen molar-refractivity contribution in [2.45, 2.75) is 19.4 Å². The Balaban J connectivity index is 2.22. The number of rotatable bonds is 5. The zero-order chi connectivity index (χ0) is 15.2. The quantitative estimate of drug-likeness (QED) is 0.833. The fourth-order valence-corrected chi connectivity index (χ4v) is 2.30. The third-order valence-corrected chi connectivity index (χ3v) is 3.40. The molecule has 0 spiro atoms. The van der Waals surface area contributed by atoms with Crippen LogP contribution in [0.15, 0.2) is 18.2 Å². The molecule has 1 N–H and O–H groups in total. The molecule has 21 heavy (non-hydrogen) atoms. The summed E-state index contributed by atoms with van der Waals surface area (Å²) in [5.74, 6) is -0.676. The van der Waals surface area contributed by atoms with Crippen LogP contribution in [-0.2, 0) is 9.53 Å². The van der Waals surface area contributed by atoms with Crippen molar-refractivity contribution in [1.29, 1.82) is 0 Å². The van der Waals surface area contributed by atoms with Gasteiger partial charge in [-0.2, -0.15) is 0 Å². The van der Waals surface area contributed by atoms with Crippen LogP contribution >= 0.6 is 0 Å². The second-order valence-electron chi connectivity index (χ2n) is 4.90. The van der Waals surface area contributed by atoms with E-state index in [1.807, 2.05) is 6.92 Å². The Kier molecular flexibility index (Phi) is 5.27. The van der Waals surface area contributed by atoms with E-state index in [2.05, 4.69) is 5.32 Å². The van der Waals surface area contributed by atoms with Gasteiger partial charge in [-0.3, -0.25) is 9.59 Å². The number of ether oxygens (including phenoxy) is 1. The van der Waals surface area contributed by atoms with E-state index in [0.717, 1.165) is 6.42 Å². The van der Waals surface area contributed by atoms with Crippen LogP contribution in [0.4, 0.5) is 10.1 Å².